The Morgan fingerprint density at radius 1 is 1.26 bits per heavy atom. The van der Waals surface area contributed by atoms with Crippen LogP contribution in [0.25, 0.3) is 0 Å². The Bertz CT molecular complexity index is 509. The van der Waals surface area contributed by atoms with Gasteiger partial charge in [0.1, 0.15) is 0 Å². The molecule has 0 aliphatic heterocycles. The van der Waals surface area contributed by atoms with E-state index >= 15 is 0 Å². The molecule has 1 rings (SSSR count). The number of hydrogen-bond donors (Lipinski definition) is 1. The number of hydrogen-bond acceptors (Lipinski definition) is 3. The number of unbranched alkanes of at least 4 members (excludes halogenated alkanes) is 1. The SMILES string of the molecule is CCCCC(CC)CS(=O)(=O)c1ccc(N)c(C)c1. The smallest absolute Gasteiger partial charge is 0.178 e. The monoisotopic (exact) mass is 283 g/mol. The third kappa shape index (κ3) is 4.53. The number of sulfone groups is 1. The van der Waals surface area contributed by atoms with Crippen molar-refractivity contribution in [1.29, 1.82) is 0 Å². The van der Waals surface area contributed by atoms with E-state index in [1.807, 2.05) is 6.92 Å². The van der Waals surface area contributed by atoms with Crippen LogP contribution in [0, 0.1) is 12.8 Å². The summed E-state index contributed by atoms with van der Waals surface area (Å²) in [6.07, 6.45) is 4.10. The average Bonchev–Trinajstić information content (AvgIpc) is 2.37. The zero-order valence-electron chi connectivity index (χ0n) is 12.1. The van der Waals surface area contributed by atoms with Crippen molar-refractivity contribution >= 4 is 15.5 Å². The first-order valence-corrected chi connectivity index (χ1v) is 8.64. The first-order chi connectivity index (χ1) is 8.90. The van der Waals surface area contributed by atoms with Gasteiger partial charge in [0.25, 0.3) is 0 Å². The Morgan fingerprint density at radius 2 is 1.95 bits per heavy atom. The fourth-order valence-electron chi connectivity index (χ4n) is 2.15. The first kappa shape index (κ1) is 16.0. The number of benzene rings is 1. The van der Waals surface area contributed by atoms with Crippen LogP contribution in [0.2, 0.25) is 0 Å². The molecule has 0 aliphatic carbocycles. The second-order valence-corrected chi connectivity index (χ2v) is 7.25. The predicted octanol–water partition coefficient (Wildman–Crippen LogP) is 3.57. The van der Waals surface area contributed by atoms with Gasteiger partial charge < -0.3 is 5.73 Å². The van der Waals surface area contributed by atoms with E-state index in [1.54, 1.807) is 18.2 Å². The van der Waals surface area contributed by atoms with Gasteiger partial charge >= 0.3 is 0 Å². The van der Waals surface area contributed by atoms with Gasteiger partial charge in [0.2, 0.25) is 0 Å². The van der Waals surface area contributed by atoms with E-state index in [1.165, 1.54) is 0 Å². The molecule has 0 aliphatic rings. The summed E-state index contributed by atoms with van der Waals surface area (Å²) in [4.78, 5) is 0.397. The normalized spacial score (nSPS) is 13.4. The van der Waals surface area contributed by atoms with Crippen molar-refractivity contribution in [1.82, 2.24) is 0 Å². The minimum absolute atomic E-state index is 0.243. The first-order valence-electron chi connectivity index (χ1n) is 6.99. The Morgan fingerprint density at radius 3 is 2.47 bits per heavy atom. The molecule has 0 amide bonds. The highest BCUT2D eigenvalue weighted by atomic mass is 32.2. The lowest BCUT2D eigenvalue weighted by molar-refractivity contribution is 0.483. The molecule has 0 spiro atoms. The van der Waals surface area contributed by atoms with E-state index in [2.05, 4.69) is 13.8 Å². The van der Waals surface area contributed by atoms with Gasteiger partial charge in [0, 0.05) is 5.69 Å². The zero-order valence-corrected chi connectivity index (χ0v) is 13.0. The second-order valence-electron chi connectivity index (χ2n) is 5.22. The third-order valence-electron chi connectivity index (χ3n) is 3.60. The molecule has 0 heterocycles. The number of nitrogens with two attached hydrogens (primary N) is 1. The summed E-state index contributed by atoms with van der Waals surface area (Å²) in [5.74, 6) is 0.496. The summed E-state index contributed by atoms with van der Waals surface area (Å²) in [5.41, 5.74) is 7.19. The molecular formula is C15H25NO2S. The summed E-state index contributed by atoms with van der Waals surface area (Å²) in [7, 11) is -3.20. The lowest BCUT2D eigenvalue weighted by Gasteiger charge is -2.15. The maximum Gasteiger partial charge on any atom is 0.178 e. The maximum absolute atomic E-state index is 12.4. The number of anilines is 1. The Kier molecular flexibility index (Phi) is 5.85. The average molecular weight is 283 g/mol. The molecule has 3 nitrogen and oxygen atoms in total. The van der Waals surface area contributed by atoms with Crippen molar-refractivity contribution < 1.29 is 8.42 Å². The number of rotatable bonds is 7. The van der Waals surface area contributed by atoms with Crippen molar-refractivity contribution in [2.75, 3.05) is 11.5 Å². The number of nitrogen functional groups attached to an aromatic ring is 1. The fourth-order valence-corrected chi connectivity index (χ4v) is 3.99. The summed E-state index contributed by atoms with van der Waals surface area (Å²) in [5, 5.41) is 0. The highest BCUT2D eigenvalue weighted by Gasteiger charge is 2.20. The van der Waals surface area contributed by atoms with Gasteiger partial charge in [0.05, 0.1) is 10.6 Å². The van der Waals surface area contributed by atoms with Crippen LogP contribution in [0.1, 0.15) is 45.1 Å². The van der Waals surface area contributed by atoms with Crippen LogP contribution in [-0.4, -0.2) is 14.2 Å². The van der Waals surface area contributed by atoms with Crippen molar-refractivity contribution in [3.63, 3.8) is 0 Å². The molecule has 0 saturated carbocycles. The Hall–Kier alpha value is -1.03. The summed E-state index contributed by atoms with van der Waals surface area (Å²) >= 11 is 0. The largest absolute Gasteiger partial charge is 0.399 e. The minimum atomic E-state index is -3.20. The summed E-state index contributed by atoms with van der Waals surface area (Å²) < 4.78 is 24.8. The predicted molar refractivity (Wildman–Crippen MR) is 81.0 cm³/mol. The van der Waals surface area contributed by atoms with Gasteiger partial charge in [-0.15, -0.1) is 0 Å². The summed E-state index contributed by atoms with van der Waals surface area (Å²) in [6, 6.07) is 4.97. The van der Waals surface area contributed by atoms with Crippen LogP contribution in [0.3, 0.4) is 0 Å². The van der Waals surface area contributed by atoms with E-state index in [4.69, 9.17) is 5.73 Å². The Labute approximate surface area is 117 Å². The van der Waals surface area contributed by atoms with Crippen molar-refractivity contribution in [3.05, 3.63) is 23.8 Å². The minimum Gasteiger partial charge on any atom is -0.399 e. The van der Waals surface area contributed by atoms with Gasteiger partial charge in [0.15, 0.2) is 9.84 Å². The van der Waals surface area contributed by atoms with Gasteiger partial charge in [-0.05, 0) is 43.0 Å². The lowest BCUT2D eigenvalue weighted by Crippen LogP contribution is -2.16. The number of aryl methyl sites for hydroxylation is 1. The van der Waals surface area contributed by atoms with Gasteiger partial charge in [-0.3, -0.25) is 0 Å². The van der Waals surface area contributed by atoms with Crippen LogP contribution in [0.15, 0.2) is 23.1 Å². The van der Waals surface area contributed by atoms with Gasteiger partial charge in [-0.25, -0.2) is 8.42 Å². The Balaban J connectivity index is 2.87. The van der Waals surface area contributed by atoms with E-state index in [0.29, 0.717) is 10.6 Å². The van der Waals surface area contributed by atoms with Gasteiger partial charge in [-0.1, -0.05) is 33.1 Å². The highest BCUT2D eigenvalue weighted by Crippen LogP contribution is 2.22. The van der Waals surface area contributed by atoms with Crippen molar-refractivity contribution in [3.8, 4) is 0 Å². The standard InChI is InChI=1S/C15H25NO2S/c1-4-6-7-13(5-2)11-19(17,18)14-8-9-15(16)12(3)10-14/h8-10,13H,4-7,11,16H2,1-3H3. The molecule has 1 atom stereocenters. The van der Waals surface area contributed by atoms with E-state index in [9.17, 15) is 8.42 Å². The second kappa shape index (κ2) is 6.94. The molecule has 1 unspecified atom stereocenters. The van der Waals surface area contributed by atoms with E-state index < -0.39 is 9.84 Å². The molecule has 0 radical (unpaired) electrons. The zero-order chi connectivity index (χ0) is 14.5. The van der Waals surface area contributed by atoms with Crippen LogP contribution in [-0.2, 0) is 9.84 Å². The molecule has 2 N–H and O–H groups in total. The van der Waals surface area contributed by atoms with E-state index in [-0.39, 0.29) is 11.7 Å². The molecule has 0 bridgehead atoms. The van der Waals surface area contributed by atoms with Crippen molar-refractivity contribution in [2.24, 2.45) is 5.92 Å². The molecule has 108 valence electrons. The maximum atomic E-state index is 12.4. The lowest BCUT2D eigenvalue weighted by atomic mass is 10.0. The summed E-state index contributed by atoms with van der Waals surface area (Å²) in [6.45, 7) is 6.03. The quantitative estimate of drug-likeness (QED) is 0.778. The molecule has 4 heteroatoms. The fraction of sp³-hybridized carbons (Fsp3) is 0.600. The topological polar surface area (TPSA) is 60.2 Å². The van der Waals surface area contributed by atoms with Crippen molar-refractivity contribution in [2.45, 2.75) is 51.3 Å². The molecule has 0 saturated heterocycles. The van der Waals surface area contributed by atoms with Crippen LogP contribution in [0.4, 0.5) is 5.69 Å². The molecule has 0 aromatic heterocycles. The third-order valence-corrected chi connectivity index (χ3v) is 5.48. The molecule has 0 fully saturated rings. The van der Waals surface area contributed by atoms with Crippen LogP contribution >= 0.6 is 0 Å². The molecule has 1 aromatic rings. The van der Waals surface area contributed by atoms with Gasteiger partial charge in [-0.2, -0.15) is 0 Å². The molecular weight excluding hydrogens is 258 g/mol. The van der Waals surface area contributed by atoms with Crippen LogP contribution < -0.4 is 5.73 Å². The van der Waals surface area contributed by atoms with E-state index in [0.717, 1.165) is 31.2 Å². The van der Waals surface area contributed by atoms with Crippen LogP contribution in [0.5, 0.6) is 0 Å². The molecule has 19 heavy (non-hydrogen) atoms. The highest BCUT2D eigenvalue weighted by molar-refractivity contribution is 7.91. The molecule has 1 aromatic carbocycles.